The molecule has 6 N–H and O–H groups in total. The van der Waals surface area contributed by atoms with E-state index in [2.05, 4.69) is 15.5 Å². The van der Waals surface area contributed by atoms with Crippen LogP contribution in [0.5, 0.6) is 5.75 Å². The molecule has 200 valence electrons. The van der Waals surface area contributed by atoms with Crippen LogP contribution in [0.1, 0.15) is 5.69 Å². The lowest BCUT2D eigenvalue weighted by molar-refractivity contribution is -0.150. The zero-order valence-electron chi connectivity index (χ0n) is 19.4. The van der Waals surface area contributed by atoms with Crippen LogP contribution >= 0.6 is 46.2 Å². The highest BCUT2D eigenvalue weighted by atomic mass is 32.2. The molecule has 3 aromatic rings. The molecule has 12 nitrogen and oxygen atoms in total. The largest absolute Gasteiger partial charge is 0.508 e. The van der Waals surface area contributed by atoms with Crippen LogP contribution in [-0.4, -0.2) is 66.0 Å². The van der Waals surface area contributed by atoms with Gasteiger partial charge in [-0.2, -0.15) is 0 Å². The molecular formula is C23H17N5O7S4. The van der Waals surface area contributed by atoms with Gasteiger partial charge in [-0.05, 0) is 35.3 Å². The van der Waals surface area contributed by atoms with E-state index in [9.17, 15) is 34.6 Å². The lowest BCUT2D eigenvalue weighted by atomic mass is 10.0. The number of fused-ring (bicyclic) bond motifs is 2. The molecule has 2 aliphatic rings. The van der Waals surface area contributed by atoms with Crippen LogP contribution in [0.4, 0.5) is 5.13 Å². The molecule has 2 amide bonds. The summed E-state index contributed by atoms with van der Waals surface area (Å²) in [5.74, 6) is -2.50. The standard InChI is InChI=1S/C23H17N5O7S4/c24-23-25-12(8-38-23)16(27-35)19(31)26-17-20(32)28-18(22(33)34)9(7-37-21(17)28)3-4-36-15-6-13(30)11-2-1-10(29)5-14(11)39-15/h1-6,8,17,21,29,35H,7H2,(H2,24,25)(H,26,31)(H,33,34)/t17?,21-/m0/s1. The van der Waals surface area contributed by atoms with Crippen LogP contribution in [0.3, 0.4) is 0 Å². The number of anilines is 1. The summed E-state index contributed by atoms with van der Waals surface area (Å²) in [6, 6.07) is 4.94. The number of carbonyl (C=O) groups is 3. The number of β-lactam (4-membered cyclic amide) rings is 1. The molecule has 0 spiro atoms. The molecule has 2 aromatic heterocycles. The Morgan fingerprint density at radius 2 is 2.08 bits per heavy atom. The normalized spacial score (nSPS) is 19.3. The number of carbonyl (C=O) groups excluding carboxylic acids is 2. The van der Waals surface area contributed by atoms with Crippen molar-refractivity contribution in [1.82, 2.24) is 15.2 Å². The van der Waals surface area contributed by atoms with E-state index in [0.717, 1.165) is 16.2 Å². The average molecular weight is 604 g/mol. The Morgan fingerprint density at radius 1 is 1.28 bits per heavy atom. The predicted octanol–water partition coefficient (Wildman–Crippen LogP) is 2.23. The molecule has 0 saturated carbocycles. The Kier molecular flexibility index (Phi) is 7.35. The van der Waals surface area contributed by atoms with Gasteiger partial charge in [0.25, 0.3) is 11.8 Å². The number of amides is 2. The second kappa shape index (κ2) is 10.7. The third kappa shape index (κ3) is 5.10. The van der Waals surface area contributed by atoms with Crippen LogP contribution in [-0.2, 0) is 14.4 Å². The fourth-order valence-corrected chi connectivity index (χ4v) is 7.83. The van der Waals surface area contributed by atoms with Crippen molar-refractivity contribution in [3.05, 3.63) is 68.3 Å². The second-order valence-electron chi connectivity index (χ2n) is 8.09. The van der Waals surface area contributed by atoms with E-state index >= 15 is 0 Å². The van der Waals surface area contributed by atoms with Gasteiger partial charge in [0.2, 0.25) is 0 Å². The van der Waals surface area contributed by atoms with Gasteiger partial charge < -0.3 is 26.5 Å². The summed E-state index contributed by atoms with van der Waals surface area (Å²) in [5, 5.41) is 37.4. The first-order valence-corrected chi connectivity index (χ1v) is 14.6. The Hall–Kier alpha value is -3.86. The number of hydrogen-bond donors (Lipinski definition) is 5. The minimum Gasteiger partial charge on any atom is -0.508 e. The van der Waals surface area contributed by atoms with Crippen molar-refractivity contribution < 1.29 is 29.8 Å². The van der Waals surface area contributed by atoms with Crippen LogP contribution < -0.4 is 16.5 Å². The number of oxime groups is 1. The Morgan fingerprint density at radius 3 is 2.77 bits per heavy atom. The number of nitrogens with one attached hydrogen (secondary N) is 1. The monoisotopic (exact) mass is 603 g/mol. The number of hydrogen-bond acceptors (Lipinski definition) is 13. The van der Waals surface area contributed by atoms with E-state index in [0.29, 0.717) is 19.9 Å². The number of thioether (sulfide) groups is 2. The van der Waals surface area contributed by atoms with Gasteiger partial charge in [0.05, 0.1) is 4.21 Å². The molecule has 2 atom stereocenters. The smallest absolute Gasteiger partial charge is 0.352 e. The van der Waals surface area contributed by atoms with Gasteiger partial charge in [-0.25, -0.2) is 9.78 Å². The summed E-state index contributed by atoms with van der Waals surface area (Å²) in [4.78, 5) is 55.1. The van der Waals surface area contributed by atoms with E-state index in [1.54, 1.807) is 17.6 Å². The molecule has 39 heavy (non-hydrogen) atoms. The van der Waals surface area contributed by atoms with Gasteiger partial charge in [0.15, 0.2) is 16.3 Å². The number of nitrogen functional groups attached to an aromatic ring is 1. The third-order valence-corrected chi connectivity index (χ3v) is 9.72. The maximum Gasteiger partial charge on any atom is 0.352 e. The molecule has 1 aromatic carbocycles. The Labute approximate surface area is 235 Å². The minimum absolute atomic E-state index is 0.0432. The molecule has 0 bridgehead atoms. The average Bonchev–Trinajstić information content (AvgIpc) is 3.32. The molecule has 0 radical (unpaired) electrons. The number of nitrogens with two attached hydrogens (primary N) is 1. The minimum atomic E-state index is -1.30. The number of nitrogens with zero attached hydrogens (tertiary/aromatic N) is 3. The van der Waals surface area contributed by atoms with Crippen molar-refractivity contribution in [2.45, 2.75) is 15.6 Å². The van der Waals surface area contributed by atoms with Crippen molar-refractivity contribution in [1.29, 1.82) is 0 Å². The highest BCUT2D eigenvalue weighted by Crippen LogP contribution is 2.41. The molecule has 5 rings (SSSR count). The zero-order chi connectivity index (χ0) is 27.8. The third-order valence-electron chi connectivity index (χ3n) is 5.71. The first-order valence-electron chi connectivity index (χ1n) is 10.9. The summed E-state index contributed by atoms with van der Waals surface area (Å²) in [7, 11) is 0. The van der Waals surface area contributed by atoms with E-state index in [-0.39, 0.29) is 33.5 Å². The highest BCUT2D eigenvalue weighted by molar-refractivity contribution is 8.04. The molecule has 4 heterocycles. The van der Waals surface area contributed by atoms with Crippen molar-refractivity contribution in [2.75, 3.05) is 11.5 Å². The SMILES string of the molecule is Nc1nc(C(=NO)C(=O)NC2C(=O)N3C(C(=O)O)=C(C=CSc4cc(=O)c5ccc(O)cc5s4)CS[C@@H]23)cs1. The number of benzene rings is 1. The predicted molar refractivity (Wildman–Crippen MR) is 149 cm³/mol. The fraction of sp³-hybridized carbons (Fsp3) is 0.130. The second-order valence-corrected chi connectivity index (χ2v) is 12.4. The van der Waals surface area contributed by atoms with Crippen molar-refractivity contribution in [2.24, 2.45) is 5.16 Å². The maximum absolute atomic E-state index is 12.9. The highest BCUT2D eigenvalue weighted by Gasteiger charge is 2.54. The number of aromatic hydroxyl groups is 1. The topological polar surface area (TPSA) is 196 Å². The lowest BCUT2D eigenvalue weighted by Gasteiger charge is -2.49. The maximum atomic E-state index is 12.9. The summed E-state index contributed by atoms with van der Waals surface area (Å²) < 4.78 is 1.26. The number of aromatic nitrogens is 1. The number of phenols is 1. The van der Waals surface area contributed by atoms with Gasteiger partial charge in [0.1, 0.15) is 28.6 Å². The van der Waals surface area contributed by atoms with Crippen LogP contribution in [0.15, 0.2) is 66.6 Å². The molecule has 2 aliphatic heterocycles. The molecular weight excluding hydrogens is 587 g/mol. The quantitative estimate of drug-likeness (QED) is 0.0873. The zero-order valence-corrected chi connectivity index (χ0v) is 22.7. The summed E-state index contributed by atoms with van der Waals surface area (Å²) >= 11 is 4.82. The molecule has 0 aliphatic carbocycles. The van der Waals surface area contributed by atoms with Crippen LogP contribution in [0.25, 0.3) is 10.1 Å². The number of carboxylic acids is 1. The molecule has 16 heteroatoms. The van der Waals surface area contributed by atoms with Gasteiger partial charge >= 0.3 is 5.97 Å². The lowest BCUT2D eigenvalue weighted by Crippen LogP contribution is -2.71. The molecule has 1 fully saturated rings. The first-order chi connectivity index (χ1) is 18.7. The number of thiazole rings is 1. The van der Waals surface area contributed by atoms with Crippen LogP contribution in [0.2, 0.25) is 0 Å². The van der Waals surface area contributed by atoms with E-state index in [4.69, 9.17) is 5.73 Å². The van der Waals surface area contributed by atoms with E-state index in [1.165, 1.54) is 58.4 Å². The summed E-state index contributed by atoms with van der Waals surface area (Å²) in [6.45, 7) is 0. The Balaban J connectivity index is 1.32. The molecule has 1 saturated heterocycles. The number of allylic oxidation sites excluding steroid dienone is 1. The first kappa shape index (κ1) is 26.7. The van der Waals surface area contributed by atoms with E-state index in [1.807, 2.05) is 0 Å². The van der Waals surface area contributed by atoms with Crippen molar-refractivity contribution in [3.63, 3.8) is 0 Å². The van der Waals surface area contributed by atoms with Crippen molar-refractivity contribution in [3.8, 4) is 5.75 Å². The number of aliphatic carboxylic acids is 1. The number of carboxylic acid groups (broad SMARTS) is 1. The Bertz CT molecular complexity index is 1680. The molecule has 1 unspecified atom stereocenters. The summed E-state index contributed by atoms with van der Waals surface area (Å²) in [5.41, 5.74) is 5.17. The van der Waals surface area contributed by atoms with Crippen LogP contribution in [0, 0.1) is 0 Å². The van der Waals surface area contributed by atoms with Gasteiger partial charge in [-0.1, -0.05) is 16.9 Å². The number of phenolic OH excluding ortho intramolecular Hbond substituents is 1. The van der Waals surface area contributed by atoms with Gasteiger partial charge in [-0.3, -0.25) is 19.3 Å². The fourth-order valence-electron chi connectivity index (χ4n) is 3.95. The van der Waals surface area contributed by atoms with Gasteiger partial charge in [0, 0.05) is 27.3 Å². The summed E-state index contributed by atoms with van der Waals surface area (Å²) in [6.07, 6.45) is 1.57. The van der Waals surface area contributed by atoms with Crippen molar-refractivity contribution >= 4 is 84.9 Å². The van der Waals surface area contributed by atoms with E-state index < -0.39 is 34.9 Å². The number of rotatable bonds is 7. The van der Waals surface area contributed by atoms with Gasteiger partial charge in [-0.15, -0.1) is 34.4 Å².